The average molecular weight is 246 g/mol. The van der Waals surface area contributed by atoms with Gasteiger partial charge >= 0.3 is 0 Å². The zero-order valence-electron chi connectivity index (χ0n) is 10.0. The fraction of sp³-hybridized carbons (Fsp3) is 0.417. The monoisotopic (exact) mass is 246 g/mol. The molecule has 2 aromatic rings. The van der Waals surface area contributed by atoms with Gasteiger partial charge in [-0.1, -0.05) is 0 Å². The number of fused-ring (bicyclic) bond motifs is 1. The van der Waals surface area contributed by atoms with E-state index in [1.165, 1.54) is 6.20 Å². The molecule has 2 atom stereocenters. The molecule has 0 saturated carbocycles. The molecule has 1 aliphatic rings. The van der Waals surface area contributed by atoms with Gasteiger partial charge in [0, 0.05) is 26.0 Å². The van der Waals surface area contributed by atoms with E-state index in [0.717, 1.165) is 13.0 Å². The number of hydrogen-bond acceptors (Lipinski definition) is 5. The number of methoxy groups -OCH3 is 1. The summed E-state index contributed by atoms with van der Waals surface area (Å²) in [6.45, 7) is 0.777. The smallest absolute Gasteiger partial charge is 0.260 e. The number of H-pyrrole nitrogens is 1. The van der Waals surface area contributed by atoms with Gasteiger partial charge in [-0.05, 0) is 12.5 Å². The molecule has 6 heteroatoms. The van der Waals surface area contributed by atoms with Gasteiger partial charge < -0.3 is 15.0 Å². The van der Waals surface area contributed by atoms with Crippen LogP contribution in [0, 0.1) is 0 Å². The number of rotatable bonds is 2. The van der Waals surface area contributed by atoms with Crippen LogP contribution in [-0.4, -0.2) is 34.7 Å². The van der Waals surface area contributed by atoms with E-state index in [9.17, 15) is 4.79 Å². The summed E-state index contributed by atoms with van der Waals surface area (Å²) >= 11 is 0. The summed E-state index contributed by atoms with van der Waals surface area (Å²) in [4.78, 5) is 23.1. The largest absolute Gasteiger partial charge is 0.380 e. The van der Waals surface area contributed by atoms with E-state index in [2.05, 4.69) is 20.3 Å². The van der Waals surface area contributed by atoms with Gasteiger partial charge in [0.2, 0.25) is 0 Å². The first-order valence-corrected chi connectivity index (χ1v) is 5.88. The van der Waals surface area contributed by atoms with Crippen molar-refractivity contribution < 1.29 is 4.74 Å². The summed E-state index contributed by atoms with van der Waals surface area (Å²) in [5.41, 5.74) is 0.525. The normalized spacial score (nSPS) is 23.6. The van der Waals surface area contributed by atoms with E-state index in [1.807, 2.05) is 0 Å². The molecule has 0 radical (unpaired) electrons. The molecule has 0 aliphatic carbocycles. The third-order valence-corrected chi connectivity index (χ3v) is 3.28. The molecule has 3 rings (SSSR count). The van der Waals surface area contributed by atoms with Crippen LogP contribution in [0.2, 0.25) is 0 Å². The molecule has 1 saturated heterocycles. The highest BCUT2D eigenvalue weighted by molar-refractivity contribution is 5.75. The lowest BCUT2D eigenvalue weighted by Crippen LogP contribution is -2.21. The molecule has 1 aliphatic heterocycles. The van der Waals surface area contributed by atoms with Crippen LogP contribution in [0.4, 0.5) is 0 Å². The van der Waals surface area contributed by atoms with Crippen LogP contribution in [0.3, 0.4) is 0 Å². The number of aromatic amines is 1. The molecular formula is C12H14N4O2. The Morgan fingerprint density at radius 2 is 2.39 bits per heavy atom. The number of ether oxygens (including phenoxy) is 1. The predicted molar refractivity (Wildman–Crippen MR) is 66.3 cm³/mol. The summed E-state index contributed by atoms with van der Waals surface area (Å²) in [7, 11) is 1.69. The van der Waals surface area contributed by atoms with Crippen LogP contribution < -0.4 is 10.9 Å². The quantitative estimate of drug-likeness (QED) is 0.800. The van der Waals surface area contributed by atoms with Crippen molar-refractivity contribution in [1.82, 2.24) is 20.3 Å². The van der Waals surface area contributed by atoms with E-state index in [1.54, 1.807) is 19.4 Å². The number of nitrogens with zero attached hydrogens (tertiary/aromatic N) is 2. The SMILES string of the molecule is CO[C@H]1CN[C@@H](c2nc3ccncc3c(=O)[nH]2)C1. The molecule has 0 aromatic carbocycles. The number of hydrogen-bond donors (Lipinski definition) is 2. The lowest BCUT2D eigenvalue weighted by molar-refractivity contribution is 0.117. The van der Waals surface area contributed by atoms with Gasteiger partial charge in [-0.25, -0.2) is 4.98 Å². The lowest BCUT2D eigenvalue weighted by atomic mass is 10.2. The number of pyridine rings is 1. The van der Waals surface area contributed by atoms with Gasteiger partial charge in [-0.3, -0.25) is 9.78 Å². The third kappa shape index (κ3) is 1.89. The van der Waals surface area contributed by atoms with Gasteiger partial charge in [0.25, 0.3) is 5.56 Å². The summed E-state index contributed by atoms with van der Waals surface area (Å²) in [5.74, 6) is 0.665. The minimum Gasteiger partial charge on any atom is -0.380 e. The van der Waals surface area contributed by atoms with Crippen molar-refractivity contribution in [2.75, 3.05) is 13.7 Å². The molecule has 6 nitrogen and oxygen atoms in total. The van der Waals surface area contributed by atoms with Gasteiger partial charge in [0.05, 0.1) is 23.0 Å². The van der Waals surface area contributed by atoms with Crippen molar-refractivity contribution in [3.05, 3.63) is 34.6 Å². The maximum absolute atomic E-state index is 11.9. The molecule has 0 bridgehead atoms. The molecule has 2 aromatic heterocycles. The molecule has 2 N–H and O–H groups in total. The fourth-order valence-electron chi connectivity index (χ4n) is 2.26. The van der Waals surface area contributed by atoms with Crippen LogP contribution in [0.15, 0.2) is 23.3 Å². The Labute approximate surface area is 103 Å². The Hall–Kier alpha value is -1.79. The molecule has 1 fully saturated rings. The van der Waals surface area contributed by atoms with E-state index in [0.29, 0.717) is 16.7 Å². The van der Waals surface area contributed by atoms with Gasteiger partial charge in [-0.2, -0.15) is 0 Å². The molecule has 0 amide bonds. The van der Waals surface area contributed by atoms with Crippen LogP contribution in [0.1, 0.15) is 18.3 Å². The highest BCUT2D eigenvalue weighted by Gasteiger charge is 2.27. The van der Waals surface area contributed by atoms with E-state index in [-0.39, 0.29) is 17.7 Å². The standard InChI is InChI=1S/C12H14N4O2/c1-18-7-4-10(14-5-7)11-15-9-2-3-13-6-8(9)12(17)16-11/h2-3,6-7,10,14H,4-5H2,1H3,(H,15,16,17)/t7-,10-/m1/s1. The minimum absolute atomic E-state index is 0.0419. The first-order valence-electron chi connectivity index (χ1n) is 5.88. The van der Waals surface area contributed by atoms with Crippen LogP contribution in [0.25, 0.3) is 10.9 Å². The van der Waals surface area contributed by atoms with Gasteiger partial charge in [0.15, 0.2) is 0 Å². The maximum Gasteiger partial charge on any atom is 0.260 e. The molecule has 18 heavy (non-hydrogen) atoms. The van der Waals surface area contributed by atoms with Gasteiger partial charge in [-0.15, -0.1) is 0 Å². The predicted octanol–water partition coefficient (Wildman–Crippen LogP) is 0.368. The van der Waals surface area contributed by atoms with Crippen LogP contribution in [-0.2, 0) is 4.74 Å². The fourth-order valence-corrected chi connectivity index (χ4v) is 2.26. The molecule has 94 valence electrons. The van der Waals surface area contributed by atoms with E-state index < -0.39 is 0 Å². The van der Waals surface area contributed by atoms with Crippen LogP contribution >= 0.6 is 0 Å². The zero-order chi connectivity index (χ0) is 12.5. The van der Waals surface area contributed by atoms with Gasteiger partial charge in [0.1, 0.15) is 5.82 Å². The minimum atomic E-state index is -0.147. The van der Waals surface area contributed by atoms with Crippen molar-refractivity contribution in [3.63, 3.8) is 0 Å². The number of nitrogens with one attached hydrogen (secondary N) is 2. The lowest BCUT2D eigenvalue weighted by Gasteiger charge is -2.10. The summed E-state index contributed by atoms with van der Waals surface area (Å²) in [6, 6.07) is 1.79. The van der Waals surface area contributed by atoms with E-state index in [4.69, 9.17) is 4.74 Å². The van der Waals surface area contributed by atoms with Crippen LogP contribution in [0.5, 0.6) is 0 Å². The van der Waals surface area contributed by atoms with Crippen molar-refractivity contribution in [1.29, 1.82) is 0 Å². The zero-order valence-corrected chi connectivity index (χ0v) is 10.0. The van der Waals surface area contributed by atoms with E-state index >= 15 is 0 Å². The highest BCUT2D eigenvalue weighted by Crippen LogP contribution is 2.22. The Morgan fingerprint density at radius 3 is 3.17 bits per heavy atom. The second-order valence-electron chi connectivity index (χ2n) is 4.40. The molecule has 0 spiro atoms. The molecule has 3 heterocycles. The van der Waals surface area contributed by atoms with Crippen molar-refractivity contribution in [3.8, 4) is 0 Å². The first-order chi connectivity index (χ1) is 8.78. The second kappa shape index (κ2) is 4.47. The topological polar surface area (TPSA) is 79.9 Å². The Balaban J connectivity index is 2.01. The summed E-state index contributed by atoms with van der Waals surface area (Å²) in [5, 5.41) is 3.81. The Morgan fingerprint density at radius 1 is 1.50 bits per heavy atom. The third-order valence-electron chi connectivity index (χ3n) is 3.28. The highest BCUT2D eigenvalue weighted by atomic mass is 16.5. The Bertz CT molecular complexity index is 625. The second-order valence-corrected chi connectivity index (χ2v) is 4.40. The first kappa shape index (κ1) is 11.3. The number of aromatic nitrogens is 3. The van der Waals surface area contributed by atoms with Crippen molar-refractivity contribution in [2.24, 2.45) is 0 Å². The summed E-state index contributed by atoms with van der Waals surface area (Å²) in [6.07, 6.45) is 4.16. The summed E-state index contributed by atoms with van der Waals surface area (Å²) < 4.78 is 5.29. The molecular weight excluding hydrogens is 232 g/mol. The maximum atomic E-state index is 11.9. The molecule has 0 unspecified atom stereocenters. The van der Waals surface area contributed by atoms with Crippen molar-refractivity contribution >= 4 is 10.9 Å². The average Bonchev–Trinajstić information content (AvgIpc) is 2.87. The van der Waals surface area contributed by atoms with Crippen molar-refractivity contribution in [2.45, 2.75) is 18.6 Å². The Kier molecular flexibility index (Phi) is 2.81.